The van der Waals surface area contributed by atoms with Gasteiger partial charge in [-0.1, -0.05) is 27.7 Å². The first-order chi connectivity index (χ1) is 8.48. The molecule has 18 heavy (non-hydrogen) atoms. The van der Waals surface area contributed by atoms with Crippen LogP contribution in [0.5, 0.6) is 0 Å². The van der Waals surface area contributed by atoms with Gasteiger partial charge in [0.1, 0.15) is 0 Å². The van der Waals surface area contributed by atoms with Crippen LogP contribution >= 0.6 is 0 Å². The fourth-order valence-corrected chi connectivity index (χ4v) is 2.50. The van der Waals surface area contributed by atoms with E-state index in [1.54, 1.807) is 0 Å². The van der Waals surface area contributed by atoms with E-state index >= 15 is 0 Å². The Morgan fingerprint density at radius 3 is 2.83 bits per heavy atom. The lowest BCUT2D eigenvalue weighted by Gasteiger charge is -2.24. The average Bonchev–Trinajstić information content (AvgIpc) is 2.67. The van der Waals surface area contributed by atoms with E-state index in [2.05, 4.69) is 49.0 Å². The molecule has 0 unspecified atom stereocenters. The molecule has 1 saturated heterocycles. The first-order valence-corrected chi connectivity index (χ1v) is 6.89. The quantitative estimate of drug-likeness (QED) is 0.887. The molecule has 2 rings (SSSR count). The van der Waals surface area contributed by atoms with Gasteiger partial charge in [-0.05, 0) is 17.9 Å². The Labute approximate surface area is 111 Å². The lowest BCUT2D eigenvalue weighted by atomic mass is 9.93. The second-order valence-corrected chi connectivity index (χ2v) is 6.38. The highest BCUT2D eigenvalue weighted by Crippen LogP contribution is 2.33. The number of hydrogen-bond acceptors (Lipinski definition) is 3. The summed E-state index contributed by atoms with van der Waals surface area (Å²) in [7, 11) is 0. The first-order valence-electron chi connectivity index (χ1n) is 6.89. The van der Waals surface area contributed by atoms with Crippen molar-refractivity contribution in [1.29, 1.82) is 0 Å². The number of hydrogen-bond donors (Lipinski definition) is 1. The van der Waals surface area contributed by atoms with E-state index in [1.165, 1.54) is 17.7 Å². The van der Waals surface area contributed by atoms with Crippen LogP contribution in [-0.4, -0.2) is 24.1 Å². The summed E-state index contributed by atoms with van der Waals surface area (Å²) < 4.78 is 0. The highest BCUT2D eigenvalue weighted by molar-refractivity contribution is 5.53. The van der Waals surface area contributed by atoms with Crippen molar-refractivity contribution in [3.05, 3.63) is 24.0 Å². The fourth-order valence-electron chi connectivity index (χ4n) is 2.50. The molecule has 3 heteroatoms. The number of pyridine rings is 1. The molecule has 0 aliphatic carbocycles. The maximum atomic E-state index is 4.26. The Kier molecular flexibility index (Phi) is 3.91. The molecule has 100 valence electrons. The van der Waals surface area contributed by atoms with Crippen molar-refractivity contribution < 1.29 is 0 Å². The zero-order valence-corrected chi connectivity index (χ0v) is 12.0. The summed E-state index contributed by atoms with van der Waals surface area (Å²) in [4.78, 5) is 6.76. The summed E-state index contributed by atoms with van der Waals surface area (Å²) in [6, 6.07) is 2.66. The molecule has 0 radical (unpaired) electrons. The van der Waals surface area contributed by atoms with Crippen molar-refractivity contribution in [2.24, 2.45) is 5.41 Å². The largest absolute Gasteiger partial charge is 0.371 e. The van der Waals surface area contributed by atoms with Crippen LogP contribution in [0.4, 0.5) is 5.69 Å². The molecule has 2 heterocycles. The number of rotatable bonds is 4. The minimum atomic E-state index is 0.437. The van der Waals surface area contributed by atoms with Crippen LogP contribution in [0.15, 0.2) is 18.5 Å². The number of aromatic nitrogens is 1. The third kappa shape index (κ3) is 3.22. The second kappa shape index (κ2) is 5.27. The van der Waals surface area contributed by atoms with Crippen molar-refractivity contribution in [3.8, 4) is 0 Å². The molecule has 1 fully saturated rings. The molecule has 0 amide bonds. The van der Waals surface area contributed by atoms with Gasteiger partial charge in [-0.2, -0.15) is 0 Å². The van der Waals surface area contributed by atoms with Gasteiger partial charge >= 0.3 is 0 Å². The molecular weight excluding hydrogens is 222 g/mol. The molecule has 1 N–H and O–H groups in total. The van der Waals surface area contributed by atoms with Gasteiger partial charge in [-0.15, -0.1) is 0 Å². The summed E-state index contributed by atoms with van der Waals surface area (Å²) in [5.41, 5.74) is 3.10. The van der Waals surface area contributed by atoms with Crippen LogP contribution in [0.25, 0.3) is 0 Å². The number of anilines is 1. The van der Waals surface area contributed by atoms with Crippen molar-refractivity contribution in [2.75, 3.05) is 18.0 Å². The van der Waals surface area contributed by atoms with E-state index < -0.39 is 0 Å². The third-order valence-corrected chi connectivity index (χ3v) is 3.60. The monoisotopic (exact) mass is 247 g/mol. The summed E-state index contributed by atoms with van der Waals surface area (Å²) in [6.45, 7) is 12.2. The first kappa shape index (κ1) is 13.3. The van der Waals surface area contributed by atoms with Crippen LogP contribution in [0.2, 0.25) is 0 Å². The summed E-state index contributed by atoms with van der Waals surface area (Å²) in [6.07, 6.45) is 5.17. The predicted molar refractivity (Wildman–Crippen MR) is 76.8 cm³/mol. The van der Waals surface area contributed by atoms with Gasteiger partial charge in [0.2, 0.25) is 0 Å². The van der Waals surface area contributed by atoms with Crippen molar-refractivity contribution in [2.45, 2.75) is 46.7 Å². The number of nitrogens with one attached hydrogen (secondary N) is 1. The molecule has 0 aromatic carbocycles. The summed E-state index contributed by atoms with van der Waals surface area (Å²) in [5, 5.41) is 3.48. The molecular formula is C15H25N3. The maximum Gasteiger partial charge on any atom is 0.0443 e. The second-order valence-electron chi connectivity index (χ2n) is 6.38. The number of nitrogens with zero attached hydrogens (tertiary/aromatic N) is 2. The van der Waals surface area contributed by atoms with Gasteiger partial charge in [0.05, 0.1) is 0 Å². The average molecular weight is 247 g/mol. The van der Waals surface area contributed by atoms with Crippen molar-refractivity contribution >= 4 is 5.69 Å². The van der Waals surface area contributed by atoms with E-state index in [9.17, 15) is 0 Å². The minimum Gasteiger partial charge on any atom is -0.371 e. The topological polar surface area (TPSA) is 28.2 Å². The van der Waals surface area contributed by atoms with Gasteiger partial charge in [-0.3, -0.25) is 4.98 Å². The highest BCUT2D eigenvalue weighted by atomic mass is 15.2. The minimum absolute atomic E-state index is 0.437. The SMILES string of the molecule is CC(C)NCc1cnccc1N1CCC(C)(C)C1. The van der Waals surface area contributed by atoms with E-state index in [-0.39, 0.29) is 0 Å². The maximum absolute atomic E-state index is 4.26. The fraction of sp³-hybridized carbons (Fsp3) is 0.667. The molecule has 1 aromatic rings. The Hall–Kier alpha value is -1.09. The molecule has 0 saturated carbocycles. The van der Waals surface area contributed by atoms with Gasteiger partial charge in [-0.25, -0.2) is 0 Å². The van der Waals surface area contributed by atoms with Gasteiger partial charge in [0.15, 0.2) is 0 Å². The van der Waals surface area contributed by atoms with Gasteiger partial charge in [0.25, 0.3) is 0 Å². The van der Waals surface area contributed by atoms with Gasteiger partial charge < -0.3 is 10.2 Å². The molecule has 1 aliphatic heterocycles. The summed E-state index contributed by atoms with van der Waals surface area (Å²) in [5.74, 6) is 0. The zero-order chi connectivity index (χ0) is 13.2. The summed E-state index contributed by atoms with van der Waals surface area (Å²) >= 11 is 0. The lowest BCUT2D eigenvalue weighted by molar-refractivity contribution is 0.418. The molecule has 1 aliphatic rings. The van der Waals surface area contributed by atoms with Crippen LogP contribution < -0.4 is 10.2 Å². The normalized spacial score (nSPS) is 18.6. The van der Waals surface area contributed by atoms with E-state index in [4.69, 9.17) is 0 Å². The highest BCUT2D eigenvalue weighted by Gasteiger charge is 2.30. The standard InChI is InChI=1S/C15H25N3/c1-12(2)17-10-13-9-16-7-5-14(13)18-8-6-15(3,4)11-18/h5,7,9,12,17H,6,8,10-11H2,1-4H3. The van der Waals surface area contributed by atoms with Crippen LogP contribution in [-0.2, 0) is 6.54 Å². The predicted octanol–water partition coefficient (Wildman–Crippen LogP) is 2.82. The molecule has 0 atom stereocenters. The van der Waals surface area contributed by atoms with Crippen LogP contribution in [0, 0.1) is 5.41 Å². The smallest absolute Gasteiger partial charge is 0.0443 e. The Morgan fingerprint density at radius 2 is 2.22 bits per heavy atom. The van der Waals surface area contributed by atoms with Crippen molar-refractivity contribution in [3.63, 3.8) is 0 Å². The van der Waals surface area contributed by atoms with Crippen LogP contribution in [0.1, 0.15) is 39.7 Å². The molecule has 0 spiro atoms. The van der Waals surface area contributed by atoms with Crippen molar-refractivity contribution in [1.82, 2.24) is 10.3 Å². The Balaban J connectivity index is 2.12. The zero-order valence-electron chi connectivity index (χ0n) is 12.0. The van der Waals surface area contributed by atoms with E-state index in [1.807, 2.05) is 12.4 Å². The third-order valence-electron chi connectivity index (χ3n) is 3.60. The molecule has 0 bridgehead atoms. The molecule has 1 aromatic heterocycles. The molecule has 3 nitrogen and oxygen atoms in total. The van der Waals surface area contributed by atoms with E-state index in [0.717, 1.165) is 19.6 Å². The Bertz CT molecular complexity index is 398. The van der Waals surface area contributed by atoms with E-state index in [0.29, 0.717) is 11.5 Å². The van der Waals surface area contributed by atoms with Crippen LogP contribution in [0.3, 0.4) is 0 Å². The Morgan fingerprint density at radius 1 is 1.44 bits per heavy atom. The van der Waals surface area contributed by atoms with Gasteiger partial charge in [0, 0.05) is 49.3 Å². The lowest BCUT2D eigenvalue weighted by Crippen LogP contribution is -2.27.